The van der Waals surface area contributed by atoms with Crippen LogP contribution < -0.4 is 5.32 Å². The van der Waals surface area contributed by atoms with Crippen LogP contribution in [0.4, 0.5) is 0 Å². The summed E-state index contributed by atoms with van der Waals surface area (Å²) in [4.78, 5) is 61.4. The summed E-state index contributed by atoms with van der Waals surface area (Å²) in [7, 11) is 0. The molecule has 1 N–H and O–H groups in total. The van der Waals surface area contributed by atoms with Crippen LogP contribution in [-0.2, 0) is 9.63 Å². The highest BCUT2D eigenvalue weighted by Crippen LogP contribution is 2.26. The van der Waals surface area contributed by atoms with Crippen LogP contribution in [0.1, 0.15) is 36.6 Å². The van der Waals surface area contributed by atoms with Gasteiger partial charge in [-0.2, -0.15) is 0 Å². The molecule has 10 heteroatoms. The summed E-state index contributed by atoms with van der Waals surface area (Å²) < 4.78 is 0. The molecule has 0 saturated carbocycles. The Labute approximate surface area is 129 Å². The van der Waals surface area contributed by atoms with E-state index in [0.717, 1.165) is 4.90 Å². The fourth-order valence-corrected chi connectivity index (χ4v) is 2.23. The first-order chi connectivity index (χ1) is 10.9. The van der Waals surface area contributed by atoms with Crippen molar-refractivity contribution in [2.24, 2.45) is 0 Å². The average Bonchev–Trinajstić information content (AvgIpc) is 2.71. The zero-order valence-electron chi connectivity index (χ0n) is 11.9. The summed E-state index contributed by atoms with van der Waals surface area (Å²) >= 11 is 0. The SMILES string of the molecule is Cc1cc2c(cc1C(=O)NC=O)C(=O)N(CCO[N+](=O)[O-])C2=O. The average molecular weight is 321 g/mol. The monoisotopic (exact) mass is 321 g/mol. The van der Waals surface area contributed by atoms with Gasteiger partial charge in [0, 0.05) is 5.56 Å². The lowest BCUT2D eigenvalue weighted by atomic mass is 10.00. The molecule has 1 aliphatic rings. The van der Waals surface area contributed by atoms with Crippen molar-refractivity contribution in [2.45, 2.75) is 6.92 Å². The van der Waals surface area contributed by atoms with E-state index in [2.05, 4.69) is 4.84 Å². The number of imide groups is 2. The fraction of sp³-hybridized carbons (Fsp3) is 0.231. The van der Waals surface area contributed by atoms with E-state index in [1.165, 1.54) is 12.1 Å². The van der Waals surface area contributed by atoms with E-state index >= 15 is 0 Å². The minimum atomic E-state index is -1.02. The van der Waals surface area contributed by atoms with Crippen molar-refractivity contribution in [3.8, 4) is 0 Å². The quantitative estimate of drug-likeness (QED) is 0.328. The highest BCUT2D eigenvalue weighted by Gasteiger charge is 2.36. The maximum atomic E-state index is 12.2. The van der Waals surface area contributed by atoms with Gasteiger partial charge in [-0.1, -0.05) is 0 Å². The van der Waals surface area contributed by atoms with E-state index in [1.807, 2.05) is 5.32 Å². The van der Waals surface area contributed by atoms with Gasteiger partial charge in [0.25, 0.3) is 22.8 Å². The molecule has 120 valence electrons. The van der Waals surface area contributed by atoms with E-state index < -0.39 is 29.4 Å². The van der Waals surface area contributed by atoms with Crippen LogP contribution in [0.15, 0.2) is 12.1 Å². The topological polar surface area (TPSA) is 136 Å². The van der Waals surface area contributed by atoms with Gasteiger partial charge in [-0.05, 0) is 24.6 Å². The van der Waals surface area contributed by atoms with E-state index in [4.69, 9.17) is 0 Å². The number of aryl methyl sites for hydroxylation is 1. The number of nitrogens with one attached hydrogen (secondary N) is 1. The van der Waals surface area contributed by atoms with Crippen molar-refractivity contribution < 1.29 is 29.1 Å². The molecule has 1 aromatic carbocycles. The molecule has 23 heavy (non-hydrogen) atoms. The molecule has 2 rings (SSSR count). The molecule has 0 radical (unpaired) electrons. The maximum Gasteiger partial charge on any atom is 0.294 e. The van der Waals surface area contributed by atoms with Gasteiger partial charge in [0.15, 0.2) is 0 Å². The van der Waals surface area contributed by atoms with Gasteiger partial charge in [0.2, 0.25) is 6.41 Å². The number of nitrogens with zero attached hydrogens (tertiary/aromatic N) is 2. The van der Waals surface area contributed by atoms with Crippen LogP contribution in [0, 0.1) is 17.0 Å². The van der Waals surface area contributed by atoms with E-state index in [1.54, 1.807) is 6.92 Å². The third-order valence-electron chi connectivity index (χ3n) is 3.26. The summed E-state index contributed by atoms with van der Waals surface area (Å²) in [6.07, 6.45) is 0.212. The number of carbonyl (C=O) groups is 4. The molecule has 0 fully saturated rings. The lowest BCUT2D eigenvalue weighted by molar-refractivity contribution is -0.757. The molecule has 1 heterocycles. The second-order valence-electron chi connectivity index (χ2n) is 4.62. The van der Waals surface area contributed by atoms with Crippen molar-refractivity contribution in [3.63, 3.8) is 0 Å². The molecule has 0 aromatic heterocycles. The van der Waals surface area contributed by atoms with Crippen LogP contribution >= 0.6 is 0 Å². The molecular formula is C13H11N3O7. The van der Waals surface area contributed by atoms with Gasteiger partial charge in [-0.25, -0.2) is 0 Å². The second kappa shape index (κ2) is 6.22. The number of hydrogen-bond donors (Lipinski definition) is 1. The van der Waals surface area contributed by atoms with Crippen molar-refractivity contribution in [3.05, 3.63) is 44.5 Å². The van der Waals surface area contributed by atoms with Gasteiger partial charge in [0.1, 0.15) is 6.61 Å². The smallest absolute Gasteiger partial charge is 0.294 e. The summed E-state index contributed by atoms with van der Waals surface area (Å²) in [5.74, 6) is -2.00. The number of amides is 4. The van der Waals surface area contributed by atoms with Crippen LogP contribution in [0.2, 0.25) is 0 Å². The summed E-state index contributed by atoms with van der Waals surface area (Å²) in [6.45, 7) is 0.814. The molecule has 0 aliphatic carbocycles. The lowest BCUT2D eigenvalue weighted by Gasteiger charge is -2.12. The fourth-order valence-electron chi connectivity index (χ4n) is 2.23. The third kappa shape index (κ3) is 3.00. The second-order valence-corrected chi connectivity index (χ2v) is 4.62. The van der Waals surface area contributed by atoms with Crippen LogP contribution in [0.25, 0.3) is 0 Å². The molecule has 0 saturated heterocycles. The van der Waals surface area contributed by atoms with Crippen molar-refractivity contribution in [1.82, 2.24) is 10.2 Å². The van der Waals surface area contributed by atoms with Crippen molar-refractivity contribution >= 4 is 24.1 Å². The van der Waals surface area contributed by atoms with Gasteiger partial charge < -0.3 is 4.84 Å². The largest absolute Gasteiger partial charge is 0.312 e. The van der Waals surface area contributed by atoms with Crippen LogP contribution in [0.5, 0.6) is 0 Å². The number of carbonyl (C=O) groups excluding carboxylic acids is 4. The Bertz CT molecular complexity index is 729. The Morgan fingerprint density at radius 2 is 1.96 bits per heavy atom. The normalized spacial score (nSPS) is 12.8. The molecule has 0 atom stereocenters. The number of hydrogen-bond acceptors (Lipinski definition) is 7. The first-order valence-corrected chi connectivity index (χ1v) is 6.39. The Balaban J connectivity index is 2.29. The van der Waals surface area contributed by atoms with Crippen LogP contribution in [-0.4, -0.2) is 47.3 Å². The minimum Gasteiger partial charge on any atom is -0.312 e. The van der Waals surface area contributed by atoms with E-state index in [9.17, 15) is 29.3 Å². The zero-order valence-corrected chi connectivity index (χ0v) is 11.9. The van der Waals surface area contributed by atoms with Crippen LogP contribution in [0.3, 0.4) is 0 Å². The van der Waals surface area contributed by atoms with Crippen molar-refractivity contribution in [2.75, 3.05) is 13.2 Å². The summed E-state index contributed by atoms with van der Waals surface area (Å²) in [5, 5.41) is 11.0. The zero-order chi connectivity index (χ0) is 17.1. The molecule has 0 spiro atoms. The molecule has 10 nitrogen and oxygen atoms in total. The summed E-state index contributed by atoms with van der Waals surface area (Å²) in [5.41, 5.74) is 0.585. The van der Waals surface area contributed by atoms with Gasteiger partial charge in [-0.3, -0.25) is 29.4 Å². The first-order valence-electron chi connectivity index (χ1n) is 6.39. The predicted molar refractivity (Wildman–Crippen MR) is 73.0 cm³/mol. The maximum absolute atomic E-state index is 12.2. The predicted octanol–water partition coefficient (Wildman–Crippen LogP) is -0.314. The van der Waals surface area contributed by atoms with E-state index in [-0.39, 0.29) is 29.6 Å². The minimum absolute atomic E-state index is 0.00208. The lowest BCUT2D eigenvalue weighted by Crippen LogP contribution is -2.33. The first kappa shape index (κ1) is 16.1. The number of rotatable bonds is 6. The Kier molecular flexibility index (Phi) is 4.35. The molecule has 1 aromatic rings. The number of fused-ring (bicyclic) bond motifs is 1. The number of benzene rings is 1. The van der Waals surface area contributed by atoms with Gasteiger partial charge in [0.05, 0.1) is 17.7 Å². The molecular weight excluding hydrogens is 310 g/mol. The Morgan fingerprint density at radius 3 is 2.52 bits per heavy atom. The molecule has 0 unspecified atom stereocenters. The molecule has 1 aliphatic heterocycles. The third-order valence-corrected chi connectivity index (χ3v) is 3.26. The Hall–Kier alpha value is -3.30. The highest BCUT2D eigenvalue weighted by atomic mass is 16.9. The van der Waals surface area contributed by atoms with E-state index in [0.29, 0.717) is 5.56 Å². The van der Waals surface area contributed by atoms with Gasteiger partial charge >= 0.3 is 0 Å². The van der Waals surface area contributed by atoms with Gasteiger partial charge in [-0.15, -0.1) is 10.1 Å². The van der Waals surface area contributed by atoms with Crippen molar-refractivity contribution in [1.29, 1.82) is 0 Å². The molecule has 0 bridgehead atoms. The Morgan fingerprint density at radius 1 is 1.35 bits per heavy atom. The summed E-state index contributed by atoms with van der Waals surface area (Å²) in [6, 6.07) is 2.59. The standard InChI is InChI=1S/C13H11N3O7/c1-7-4-9-10(5-8(7)11(18)14-6-17)13(20)15(12(9)19)2-3-23-16(21)22/h4-6H,2-3H2,1H3,(H,14,17,18). The highest BCUT2D eigenvalue weighted by molar-refractivity contribution is 6.22. The molecule has 4 amide bonds.